The fourth-order valence-electron chi connectivity index (χ4n) is 2.38. The molecule has 0 unspecified atom stereocenters. The predicted octanol–water partition coefficient (Wildman–Crippen LogP) is 5.28. The van der Waals surface area contributed by atoms with Gasteiger partial charge in [0.15, 0.2) is 0 Å². The molecular weight excluding hydrogens is 397 g/mol. The minimum Gasteiger partial charge on any atom is -0.326 e. The minimum absolute atomic E-state index is 0.00134. The molecule has 146 valence electrons. The van der Waals surface area contributed by atoms with Crippen LogP contribution in [0.2, 0.25) is 0 Å². The summed E-state index contributed by atoms with van der Waals surface area (Å²) in [6, 6.07) is 7.24. The van der Waals surface area contributed by atoms with Gasteiger partial charge in [-0.25, -0.2) is 0 Å². The van der Waals surface area contributed by atoms with E-state index in [0.29, 0.717) is 11.3 Å². The zero-order valence-electron chi connectivity index (χ0n) is 14.9. The Hall–Kier alpha value is -2.00. The summed E-state index contributed by atoms with van der Waals surface area (Å²) < 4.78 is 37.7. The molecular formula is C18H19F3N2O2S2. The number of alkyl halides is 3. The zero-order chi connectivity index (χ0) is 20.2. The van der Waals surface area contributed by atoms with Gasteiger partial charge in [0.2, 0.25) is 5.91 Å². The molecule has 2 aromatic rings. The Morgan fingerprint density at radius 1 is 1.15 bits per heavy atom. The Morgan fingerprint density at radius 2 is 1.78 bits per heavy atom. The van der Waals surface area contributed by atoms with Crippen molar-refractivity contribution < 1.29 is 22.8 Å². The fourth-order valence-corrected chi connectivity index (χ4v) is 3.93. The molecule has 1 aromatic carbocycles. The van der Waals surface area contributed by atoms with Gasteiger partial charge in [-0.15, -0.1) is 23.1 Å². The Labute approximate surface area is 163 Å². The molecule has 0 aliphatic heterocycles. The Kier molecular flexibility index (Phi) is 6.94. The number of carbonyl (C=O) groups is 2. The second-order valence-corrected chi connectivity index (χ2v) is 7.82. The van der Waals surface area contributed by atoms with Crippen molar-refractivity contribution in [3.8, 4) is 0 Å². The van der Waals surface area contributed by atoms with Crippen molar-refractivity contribution in [1.82, 2.24) is 0 Å². The molecule has 2 amide bonds. The maximum absolute atomic E-state index is 12.6. The van der Waals surface area contributed by atoms with E-state index >= 15 is 0 Å². The monoisotopic (exact) mass is 416 g/mol. The second kappa shape index (κ2) is 8.79. The molecule has 1 heterocycles. The summed E-state index contributed by atoms with van der Waals surface area (Å²) in [6.45, 7) is 3.75. The third-order valence-corrected chi connectivity index (χ3v) is 5.44. The topological polar surface area (TPSA) is 58.2 Å². The molecule has 0 saturated heterocycles. The largest absolute Gasteiger partial charge is 0.471 e. The zero-order valence-corrected chi connectivity index (χ0v) is 16.6. The van der Waals surface area contributed by atoms with Gasteiger partial charge in [0.1, 0.15) is 0 Å². The van der Waals surface area contributed by atoms with Crippen LogP contribution in [0.3, 0.4) is 0 Å². The van der Waals surface area contributed by atoms with E-state index in [9.17, 15) is 22.8 Å². The average molecular weight is 416 g/mol. The van der Waals surface area contributed by atoms with E-state index in [1.165, 1.54) is 0 Å². The molecule has 4 nitrogen and oxygen atoms in total. The number of halogens is 3. The van der Waals surface area contributed by atoms with Crippen molar-refractivity contribution in [3.63, 3.8) is 0 Å². The molecule has 0 saturated carbocycles. The Balaban J connectivity index is 2.18. The normalized spacial score (nSPS) is 11.5. The molecule has 0 atom stereocenters. The summed E-state index contributed by atoms with van der Waals surface area (Å²) in [5.74, 6) is -2.41. The lowest BCUT2D eigenvalue weighted by atomic mass is 9.99. The highest BCUT2D eigenvalue weighted by Gasteiger charge is 2.39. The van der Waals surface area contributed by atoms with Gasteiger partial charge in [-0.1, -0.05) is 13.8 Å². The SMILES string of the molecule is CSc1ccc(NC(=O)Cc2c(C(C)C)csc2NC(=O)C(F)(F)F)cc1. The lowest BCUT2D eigenvalue weighted by molar-refractivity contribution is -0.167. The van der Waals surface area contributed by atoms with E-state index in [1.807, 2.05) is 37.6 Å². The number of amides is 2. The van der Waals surface area contributed by atoms with Crippen molar-refractivity contribution in [2.75, 3.05) is 16.9 Å². The first-order chi connectivity index (χ1) is 12.6. The third kappa shape index (κ3) is 5.74. The van der Waals surface area contributed by atoms with Crippen molar-refractivity contribution in [1.29, 1.82) is 0 Å². The van der Waals surface area contributed by atoms with Crippen LogP contribution in [-0.2, 0) is 16.0 Å². The highest BCUT2D eigenvalue weighted by Crippen LogP contribution is 2.34. The predicted molar refractivity (Wildman–Crippen MR) is 104 cm³/mol. The first-order valence-corrected chi connectivity index (χ1v) is 10.1. The second-order valence-electron chi connectivity index (χ2n) is 6.06. The maximum atomic E-state index is 12.6. The summed E-state index contributed by atoms with van der Waals surface area (Å²) in [5.41, 5.74) is 1.75. The first-order valence-electron chi connectivity index (χ1n) is 8.04. The molecule has 0 aliphatic rings. The van der Waals surface area contributed by atoms with E-state index in [2.05, 4.69) is 5.32 Å². The number of thiophene rings is 1. The quantitative estimate of drug-likeness (QED) is 0.631. The van der Waals surface area contributed by atoms with E-state index < -0.39 is 12.1 Å². The molecule has 0 fully saturated rings. The fraction of sp³-hybridized carbons (Fsp3) is 0.333. The summed E-state index contributed by atoms with van der Waals surface area (Å²) in [7, 11) is 0. The number of benzene rings is 1. The van der Waals surface area contributed by atoms with Crippen LogP contribution >= 0.6 is 23.1 Å². The van der Waals surface area contributed by atoms with Gasteiger partial charge in [0.25, 0.3) is 0 Å². The van der Waals surface area contributed by atoms with Crippen LogP contribution in [0.25, 0.3) is 0 Å². The van der Waals surface area contributed by atoms with Gasteiger partial charge in [-0.2, -0.15) is 13.2 Å². The van der Waals surface area contributed by atoms with Crippen LogP contribution < -0.4 is 10.6 Å². The number of hydrogen-bond acceptors (Lipinski definition) is 4. The van der Waals surface area contributed by atoms with Crippen LogP contribution in [0.1, 0.15) is 30.9 Å². The number of hydrogen-bond donors (Lipinski definition) is 2. The van der Waals surface area contributed by atoms with Crippen LogP contribution in [0.5, 0.6) is 0 Å². The number of carbonyl (C=O) groups excluding carboxylic acids is 2. The molecule has 9 heteroatoms. The van der Waals surface area contributed by atoms with Crippen LogP contribution in [0, 0.1) is 0 Å². The van der Waals surface area contributed by atoms with Gasteiger partial charge in [-0.05, 0) is 52.9 Å². The molecule has 0 bridgehead atoms. The van der Waals surface area contributed by atoms with Crippen molar-refractivity contribution >= 4 is 45.6 Å². The summed E-state index contributed by atoms with van der Waals surface area (Å²) in [6.07, 6.45) is -3.18. The van der Waals surface area contributed by atoms with E-state index in [-0.39, 0.29) is 23.2 Å². The highest BCUT2D eigenvalue weighted by molar-refractivity contribution is 7.98. The van der Waals surface area contributed by atoms with Gasteiger partial charge in [-0.3, -0.25) is 9.59 Å². The smallest absolute Gasteiger partial charge is 0.326 e. The minimum atomic E-state index is -4.99. The van der Waals surface area contributed by atoms with Gasteiger partial charge < -0.3 is 10.6 Å². The average Bonchev–Trinajstić information content (AvgIpc) is 2.97. The van der Waals surface area contributed by atoms with E-state index in [4.69, 9.17) is 0 Å². The lowest BCUT2D eigenvalue weighted by Gasteiger charge is -2.12. The standard InChI is InChI=1S/C18H19F3N2O2S2/c1-10(2)14-9-27-16(23-17(25)18(19,20)21)13(14)8-15(24)22-11-4-6-12(26-3)7-5-11/h4-7,9-10H,8H2,1-3H3,(H,22,24)(H,23,25). The Bertz CT molecular complexity index is 815. The lowest BCUT2D eigenvalue weighted by Crippen LogP contribution is -2.30. The molecule has 0 spiro atoms. The van der Waals surface area contributed by atoms with Gasteiger partial charge >= 0.3 is 12.1 Å². The summed E-state index contributed by atoms with van der Waals surface area (Å²) in [4.78, 5) is 24.7. The highest BCUT2D eigenvalue weighted by atomic mass is 32.2. The molecule has 1 aromatic heterocycles. The molecule has 27 heavy (non-hydrogen) atoms. The van der Waals surface area contributed by atoms with Crippen molar-refractivity contribution in [2.24, 2.45) is 0 Å². The van der Waals surface area contributed by atoms with E-state index in [1.54, 1.807) is 29.3 Å². The first kappa shape index (κ1) is 21.3. The maximum Gasteiger partial charge on any atom is 0.471 e. The molecule has 2 rings (SSSR count). The van der Waals surface area contributed by atoms with Crippen molar-refractivity contribution in [2.45, 2.75) is 37.3 Å². The molecule has 0 aliphatic carbocycles. The summed E-state index contributed by atoms with van der Waals surface area (Å²) >= 11 is 2.56. The number of thioether (sulfide) groups is 1. The Morgan fingerprint density at radius 3 is 2.30 bits per heavy atom. The number of anilines is 2. The van der Waals surface area contributed by atoms with Gasteiger partial charge in [0.05, 0.1) is 11.4 Å². The molecule has 2 N–H and O–H groups in total. The third-order valence-electron chi connectivity index (χ3n) is 3.74. The number of rotatable bonds is 6. The van der Waals surface area contributed by atoms with Crippen LogP contribution in [0.4, 0.5) is 23.9 Å². The van der Waals surface area contributed by atoms with Crippen molar-refractivity contribution in [3.05, 3.63) is 40.8 Å². The molecule has 0 radical (unpaired) electrons. The number of nitrogens with one attached hydrogen (secondary N) is 2. The van der Waals surface area contributed by atoms with Crippen LogP contribution in [-0.4, -0.2) is 24.2 Å². The van der Waals surface area contributed by atoms with E-state index in [0.717, 1.165) is 21.8 Å². The summed E-state index contributed by atoms with van der Waals surface area (Å²) in [5, 5.41) is 6.33. The van der Waals surface area contributed by atoms with Crippen LogP contribution in [0.15, 0.2) is 34.5 Å². The van der Waals surface area contributed by atoms with Gasteiger partial charge in [0, 0.05) is 10.6 Å².